The van der Waals surface area contributed by atoms with Crippen LogP contribution in [0.3, 0.4) is 0 Å². The average Bonchev–Trinajstić information content (AvgIpc) is 2.63. The van der Waals surface area contributed by atoms with Gasteiger partial charge in [0, 0.05) is 22.6 Å². The van der Waals surface area contributed by atoms with Gasteiger partial charge in [-0.05, 0) is 42.6 Å². The van der Waals surface area contributed by atoms with Crippen molar-refractivity contribution in [3.8, 4) is 5.75 Å². The van der Waals surface area contributed by atoms with Gasteiger partial charge in [-0.3, -0.25) is 19.5 Å². The molecule has 9 nitrogen and oxygen atoms in total. The Kier molecular flexibility index (Phi) is 4.75. The maximum atomic E-state index is 12.4. The minimum Gasteiger partial charge on any atom is -0.505 e. The number of nitrogens with one attached hydrogen (secondary N) is 1. The van der Waals surface area contributed by atoms with Gasteiger partial charge in [0.15, 0.2) is 0 Å². The molecule has 0 aliphatic heterocycles. The van der Waals surface area contributed by atoms with E-state index < -0.39 is 20.9 Å². The molecule has 0 saturated heterocycles. The third kappa shape index (κ3) is 3.63. The number of nitro groups is 1. The van der Waals surface area contributed by atoms with Crippen molar-refractivity contribution in [1.82, 2.24) is 0 Å². The Labute approximate surface area is 159 Å². The van der Waals surface area contributed by atoms with Crippen LogP contribution in [-0.2, 0) is 10.1 Å². The lowest BCUT2D eigenvalue weighted by Gasteiger charge is -2.11. The van der Waals surface area contributed by atoms with Gasteiger partial charge in [-0.25, -0.2) is 0 Å². The van der Waals surface area contributed by atoms with Gasteiger partial charge in [0.25, 0.3) is 21.7 Å². The topological polar surface area (TPSA) is 147 Å². The highest BCUT2D eigenvalue weighted by atomic mass is 32.2. The van der Waals surface area contributed by atoms with Crippen LogP contribution in [0.1, 0.15) is 15.9 Å². The van der Waals surface area contributed by atoms with E-state index in [-0.39, 0.29) is 33.0 Å². The fourth-order valence-corrected chi connectivity index (χ4v) is 3.21. The number of amides is 1. The summed E-state index contributed by atoms with van der Waals surface area (Å²) in [6.07, 6.45) is 0. The number of fused-ring (bicyclic) bond motifs is 1. The second-order valence-corrected chi connectivity index (χ2v) is 7.45. The summed E-state index contributed by atoms with van der Waals surface area (Å²) in [7, 11) is -4.39. The first-order chi connectivity index (χ1) is 13.1. The van der Waals surface area contributed by atoms with Gasteiger partial charge in [0.05, 0.1) is 15.5 Å². The summed E-state index contributed by atoms with van der Waals surface area (Å²) in [4.78, 5) is 22.5. The molecule has 10 heteroatoms. The van der Waals surface area contributed by atoms with Gasteiger partial charge in [-0.2, -0.15) is 8.42 Å². The van der Waals surface area contributed by atoms with Gasteiger partial charge in [-0.15, -0.1) is 0 Å². The van der Waals surface area contributed by atoms with Crippen LogP contribution in [0.15, 0.2) is 53.4 Å². The number of rotatable bonds is 4. The van der Waals surface area contributed by atoms with E-state index in [9.17, 15) is 28.4 Å². The van der Waals surface area contributed by atoms with Gasteiger partial charge >= 0.3 is 0 Å². The van der Waals surface area contributed by atoms with Crippen molar-refractivity contribution < 1.29 is 27.8 Å². The van der Waals surface area contributed by atoms with E-state index in [0.29, 0.717) is 10.9 Å². The summed E-state index contributed by atoms with van der Waals surface area (Å²) in [5.41, 5.74) is 0.289. The third-order valence-electron chi connectivity index (χ3n) is 4.18. The van der Waals surface area contributed by atoms with Crippen LogP contribution in [0.4, 0.5) is 11.4 Å². The zero-order valence-electron chi connectivity index (χ0n) is 14.4. The smallest absolute Gasteiger partial charge is 0.294 e. The molecule has 0 aromatic heterocycles. The minimum atomic E-state index is -4.39. The van der Waals surface area contributed by atoms with Crippen molar-refractivity contribution in [3.63, 3.8) is 0 Å². The number of aryl methyl sites for hydroxylation is 1. The molecule has 0 radical (unpaired) electrons. The molecule has 28 heavy (non-hydrogen) atoms. The van der Waals surface area contributed by atoms with Crippen LogP contribution in [0.25, 0.3) is 10.8 Å². The molecule has 0 bridgehead atoms. The SMILES string of the molecule is Cc1ccc(C(=O)Nc2ccc3cc(S(=O)(=O)O)ccc3c2O)cc1[N+](=O)[O-]. The van der Waals surface area contributed by atoms with Crippen LogP contribution in [0, 0.1) is 17.0 Å². The van der Waals surface area contributed by atoms with Crippen LogP contribution < -0.4 is 5.32 Å². The molecule has 3 N–H and O–H groups in total. The Balaban J connectivity index is 1.96. The first-order valence-corrected chi connectivity index (χ1v) is 9.31. The highest BCUT2D eigenvalue weighted by molar-refractivity contribution is 7.85. The molecule has 0 atom stereocenters. The predicted octanol–water partition coefficient (Wildman–Crippen LogP) is 3.26. The fraction of sp³-hybridized carbons (Fsp3) is 0.0556. The molecular weight excluding hydrogens is 388 g/mol. The Morgan fingerprint density at radius 2 is 1.82 bits per heavy atom. The number of benzene rings is 3. The number of phenols is 1. The molecule has 0 aliphatic rings. The number of nitrogens with zero attached hydrogens (tertiary/aromatic N) is 1. The summed E-state index contributed by atoms with van der Waals surface area (Å²) >= 11 is 0. The summed E-state index contributed by atoms with van der Waals surface area (Å²) < 4.78 is 31.5. The Bertz CT molecular complexity index is 1240. The summed E-state index contributed by atoms with van der Waals surface area (Å²) in [6.45, 7) is 1.55. The Hall–Kier alpha value is -3.50. The van der Waals surface area contributed by atoms with E-state index in [2.05, 4.69) is 5.32 Å². The summed E-state index contributed by atoms with van der Waals surface area (Å²) in [5, 5.41) is 24.5. The molecule has 3 aromatic carbocycles. The van der Waals surface area contributed by atoms with E-state index in [0.717, 1.165) is 12.1 Å². The number of aromatic hydroxyl groups is 1. The van der Waals surface area contributed by atoms with Crippen LogP contribution in [0.5, 0.6) is 5.75 Å². The predicted molar refractivity (Wildman–Crippen MR) is 101 cm³/mol. The lowest BCUT2D eigenvalue weighted by molar-refractivity contribution is -0.385. The van der Waals surface area contributed by atoms with Crippen molar-refractivity contribution in [1.29, 1.82) is 0 Å². The molecule has 0 fully saturated rings. The molecule has 0 heterocycles. The maximum absolute atomic E-state index is 12.4. The zero-order chi connectivity index (χ0) is 20.6. The van der Waals surface area contributed by atoms with E-state index in [1.165, 1.54) is 36.4 Å². The first kappa shape index (κ1) is 19.3. The molecule has 144 valence electrons. The largest absolute Gasteiger partial charge is 0.505 e. The van der Waals surface area contributed by atoms with E-state index in [1.54, 1.807) is 6.92 Å². The van der Waals surface area contributed by atoms with Gasteiger partial charge in [0.1, 0.15) is 5.75 Å². The van der Waals surface area contributed by atoms with Gasteiger partial charge < -0.3 is 10.4 Å². The van der Waals surface area contributed by atoms with Crippen molar-refractivity contribution in [2.45, 2.75) is 11.8 Å². The highest BCUT2D eigenvalue weighted by Gasteiger charge is 2.17. The number of carbonyl (C=O) groups excluding carboxylic acids is 1. The molecule has 3 aromatic rings. The van der Waals surface area contributed by atoms with Crippen molar-refractivity contribution in [3.05, 3.63) is 69.8 Å². The Morgan fingerprint density at radius 3 is 2.46 bits per heavy atom. The van der Waals surface area contributed by atoms with Crippen LogP contribution in [0.2, 0.25) is 0 Å². The summed E-state index contributed by atoms with van der Waals surface area (Å²) in [5.74, 6) is -0.971. The van der Waals surface area contributed by atoms with E-state index in [1.807, 2.05) is 0 Å². The van der Waals surface area contributed by atoms with Crippen molar-refractivity contribution in [2.75, 3.05) is 5.32 Å². The number of carbonyl (C=O) groups is 1. The molecule has 1 amide bonds. The molecule has 0 saturated carbocycles. The van der Waals surface area contributed by atoms with Crippen molar-refractivity contribution in [2.24, 2.45) is 0 Å². The van der Waals surface area contributed by atoms with Gasteiger partial charge in [-0.1, -0.05) is 12.1 Å². The highest BCUT2D eigenvalue weighted by Crippen LogP contribution is 2.34. The quantitative estimate of drug-likeness (QED) is 0.263. The zero-order valence-corrected chi connectivity index (χ0v) is 15.2. The molecule has 0 aliphatic carbocycles. The third-order valence-corrected chi connectivity index (χ3v) is 5.03. The number of hydrogen-bond acceptors (Lipinski definition) is 6. The average molecular weight is 402 g/mol. The first-order valence-electron chi connectivity index (χ1n) is 7.87. The number of anilines is 1. The Morgan fingerprint density at radius 1 is 1.11 bits per heavy atom. The number of hydrogen-bond donors (Lipinski definition) is 3. The second kappa shape index (κ2) is 6.91. The standard InChI is InChI=1S/C18H14N2O7S/c1-10-2-3-12(9-16(10)20(23)24)18(22)19-15-7-4-11-8-13(28(25,26)27)5-6-14(11)17(15)21/h2-9,21H,1H3,(H,19,22)(H,25,26,27). The molecule has 0 unspecified atom stereocenters. The molecule has 3 rings (SSSR count). The number of nitro benzene ring substituents is 1. The second-order valence-electron chi connectivity index (χ2n) is 6.03. The molecular formula is C18H14N2O7S. The van der Waals surface area contributed by atoms with Crippen molar-refractivity contribution >= 4 is 38.2 Å². The maximum Gasteiger partial charge on any atom is 0.294 e. The van der Waals surface area contributed by atoms with Crippen LogP contribution in [-0.4, -0.2) is 28.9 Å². The lowest BCUT2D eigenvalue weighted by Crippen LogP contribution is -2.12. The molecule has 0 spiro atoms. The normalized spacial score (nSPS) is 11.4. The van der Waals surface area contributed by atoms with E-state index in [4.69, 9.17) is 4.55 Å². The van der Waals surface area contributed by atoms with E-state index >= 15 is 0 Å². The fourth-order valence-electron chi connectivity index (χ4n) is 2.69. The monoisotopic (exact) mass is 402 g/mol. The minimum absolute atomic E-state index is 0.0403. The number of phenolic OH excluding ortho intramolecular Hbond substituents is 1. The van der Waals surface area contributed by atoms with Gasteiger partial charge in [0.2, 0.25) is 0 Å². The van der Waals surface area contributed by atoms with Crippen LogP contribution >= 0.6 is 0 Å². The summed E-state index contributed by atoms with van der Waals surface area (Å²) in [6, 6.07) is 10.4. The lowest BCUT2D eigenvalue weighted by atomic mass is 10.1.